The highest BCUT2D eigenvalue weighted by atomic mass is 19.4. The number of azo groups is 1. The molecule has 2 aromatic rings. The van der Waals surface area contributed by atoms with Gasteiger partial charge in [0.25, 0.3) is 5.69 Å². The monoisotopic (exact) mass is 423 g/mol. The predicted molar refractivity (Wildman–Crippen MR) is 107 cm³/mol. The molecule has 0 unspecified atom stereocenters. The number of rotatable bonds is 5. The number of aromatic hydroxyl groups is 1. The molecule has 30 heavy (non-hydrogen) atoms. The van der Waals surface area contributed by atoms with Crippen LogP contribution in [0.2, 0.25) is 0 Å². The summed E-state index contributed by atoms with van der Waals surface area (Å²) in [5.74, 6) is -0.191. The first-order valence-corrected chi connectivity index (χ1v) is 9.21. The highest BCUT2D eigenvalue weighted by Gasteiger charge is 2.33. The largest absolute Gasteiger partial charge is 0.506 e. The zero-order valence-corrected chi connectivity index (χ0v) is 17.4. The molecule has 0 bridgehead atoms. The van der Waals surface area contributed by atoms with Crippen LogP contribution < -0.4 is 0 Å². The Morgan fingerprint density at radius 3 is 2.03 bits per heavy atom. The molecule has 2 rings (SSSR count). The van der Waals surface area contributed by atoms with Crippen molar-refractivity contribution in [1.82, 2.24) is 0 Å². The lowest BCUT2D eigenvalue weighted by Crippen LogP contribution is -2.24. The molecule has 9 heteroatoms. The van der Waals surface area contributed by atoms with Crippen molar-refractivity contribution in [3.8, 4) is 5.75 Å². The first-order chi connectivity index (χ1) is 13.6. The van der Waals surface area contributed by atoms with Crippen LogP contribution in [0.4, 0.5) is 30.2 Å². The number of nitrogens with zero attached hydrogens (tertiary/aromatic N) is 3. The Balaban J connectivity index is 2.44. The van der Waals surface area contributed by atoms with Crippen molar-refractivity contribution in [2.24, 2.45) is 15.6 Å². The second kappa shape index (κ2) is 8.04. The van der Waals surface area contributed by atoms with Crippen molar-refractivity contribution in [3.05, 3.63) is 57.6 Å². The summed E-state index contributed by atoms with van der Waals surface area (Å²) in [7, 11) is 0. The van der Waals surface area contributed by atoms with E-state index in [0.717, 1.165) is 18.1 Å². The van der Waals surface area contributed by atoms with E-state index in [4.69, 9.17) is 0 Å². The molecule has 0 saturated heterocycles. The van der Waals surface area contributed by atoms with Gasteiger partial charge in [0.05, 0.1) is 10.5 Å². The maximum absolute atomic E-state index is 12.8. The molecule has 1 N–H and O–H groups in total. The van der Waals surface area contributed by atoms with E-state index < -0.39 is 22.4 Å². The van der Waals surface area contributed by atoms with E-state index in [-0.39, 0.29) is 28.0 Å². The number of hydrogen-bond acceptors (Lipinski definition) is 5. The van der Waals surface area contributed by atoms with Crippen molar-refractivity contribution >= 4 is 17.1 Å². The number of phenols is 1. The van der Waals surface area contributed by atoms with Crippen molar-refractivity contribution in [2.75, 3.05) is 0 Å². The molecule has 0 fully saturated rings. The van der Waals surface area contributed by atoms with E-state index in [1.54, 1.807) is 12.1 Å². The van der Waals surface area contributed by atoms with Crippen LogP contribution in [0.1, 0.15) is 52.2 Å². The Kier molecular flexibility index (Phi) is 6.25. The molecular weight excluding hydrogens is 399 g/mol. The minimum atomic E-state index is -4.72. The van der Waals surface area contributed by atoms with Crippen molar-refractivity contribution in [1.29, 1.82) is 0 Å². The maximum atomic E-state index is 12.8. The number of benzene rings is 2. The van der Waals surface area contributed by atoms with Gasteiger partial charge in [-0.05, 0) is 47.1 Å². The maximum Gasteiger partial charge on any atom is 0.416 e. The fraction of sp³-hybridized carbons (Fsp3) is 0.429. The van der Waals surface area contributed by atoms with Crippen LogP contribution >= 0.6 is 0 Å². The van der Waals surface area contributed by atoms with Gasteiger partial charge in [-0.2, -0.15) is 13.2 Å². The van der Waals surface area contributed by atoms with Gasteiger partial charge in [0.2, 0.25) is 0 Å². The van der Waals surface area contributed by atoms with Crippen LogP contribution in [0.5, 0.6) is 5.75 Å². The molecule has 0 aliphatic heterocycles. The fourth-order valence-corrected chi connectivity index (χ4v) is 3.49. The van der Waals surface area contributed by atoms with E-state index in [1.165, 1.54) is 6.07 Å². The molecule has 0 amide bonds. The Morgan fingerprint density at radius 1 is 0.933 bits per heavy atom. The SMILES string of the molecule is CC(C)(C)CC(C)(C)c1ccc(O)c(/N=N/c2ccc(C(F)(F)F)cc2[N+](=O)[O-])c1. The molecule has 0 aromatic heterocycles. The highest BCUT2D eigenvalue weighted by Crippen LogP contribution is 2.41. The second-order valence-corrected chi connectivity index (χ2v) is 8.98. The summed E-state index contributed by atoms with van der Waals surface area (Å²) < 4.78 is 38.5. The number of nitro groups is 1. The highest BCUT2D eigenvalue weighted by molar-refractivity contribution is 5.60. The van der Waals surface area contributed by atoms with E-state index in [1.807, 2.05) is 13.8 Å². The molecule has 0 aliphatic carbocycles. The molecule has 6 nitrogen and oxygen atoms in total. The average molecular weight is 423 g/mol. The number of alkyl halides is 3. The van der Waals surface area contributed by atoms with Gasteiger partial charge < -0.3 is 5.11 Å². The predicted octanol–water partition coefficient (Wildman–Crippen LogP) is 7.45. The van der Waals surface area contributed by atoms with Crippen molar-refractivity contribution in [3.63, 3.8) is 0 Å². The van der Waals surface area contributed by atoms with Gasteiger partial charge in [0.1, 0.15) is 11.4 Å². The first kappa shape index (κ1) is 23.3. The van der Waals surface area contributed by atoms with E-state index >= 15 is 0 Å². The minimum Gasteiger partial charge on any atom is -0.506 e. The Hall–Kier alpha value is -2.97. The Bertz CT molecular complexity index is 978. The van der Waals surface area contributed by atoms with Crippen LogP contribution in [0.25, 0.3) is 0 Å². The lowest BCUT2D eigenvalue weighted by Gasteiger charge is -2.33. The summed E-state index contributed by atoms with van der Waals surface area (Å²) in [5, 5.41) is 28.9. The van der Waals surface area contributed by atoms with E-state index in [2.05, 4.69) is 31.0 Å². The average Bonchev–Trinajstić information content (AvgIpc) is 2.57. The van der Waals surface area contributed by atoms with Crippen molar-refractivity contribution < 1.29 is 23.2 Å². The molecule has 0 atom stereocenters. The number of halogens is 3. The second-order valence-electron chi connectivity index (χ2n) is 8.98. The summed E-state index contributed by atoms with van der Waals surface area (Å²) >= 11 is 0. The molecular formula is C21H24F3N3O3. The number of nitro benzene ring substituents is 1. The fourth-order valence-electron chi connectivity index (χ4n) is 3.49. The Labute approximate surface area is 172 Å². The standard InChI is InChI=1S/C21H24F3N3O3/c1-19(2,3)12-20(4,5)13-7-9-18(28)16(10-13)26-25-15-8-6-14(21(22,23)24)11-17(15)27(29)30/h6-11,28H,12H2,1-5H3/b26-25+. The summed E-state index contributed by atoms with van der Waals surface area (Å²) in [6.07, 6.45) is -3.88. The molecule has 0 heterocycles. The van der Waals surface area contributed by atoms with Gasteiger partial charge >= 0.3 is 6.18 Å². The van der Waals surface area contributed by atoms with Crippen LogP contribution in [0.3, 0.4) is 0 Å². The summed E-state index contributed by atoms with van der Waals surface area (Å²) in [6.45, 7) is 10.4. The molecule has 0 radical (unpaired) electrons. The summed E-state index contributed by atoms with van der Waals surface area (Å²) in [4.78, 5) is 10.2. The number of phenolic OH excluding ortho intramolecular Hbond substituents is 1. The van der Waals surface area contributed by atoms with Crippen LogP contribution in [-0.2, 0) is 11.6 Å². The van der Waals surface area contributed by atoms with E-state index in [9.17, 15) is 28.4 Å². The smallest absolute Gasteiger partial charge is 0.416 e. The topological polar surface area (TPSA) is 88.1 Å². The Morgan fingerprint density at radius 2 is 1.50 bits per heavy atom. The summed E-state index contributed by atoms with van der Waals surface area (Å²) in [6, 6.07) is 6.84. The minimum absolute atomic E-state index is 0.0455. The molecule has 0 spiro atoms. The first-order valence-electron chi connectivity index (χ1n) is 9.21. The number of hydrogen-bond donors (Lipinski definition) is 1. The van der Waals surface area contributed by atoms with Gasteiger partial charge in [-0.25, -0.2) is 0 Å². The third-order valence-corrected chi connectivity index (χ3v) is 4.49. The lowest BCUT2D eigenvalue weighted by molar-refractivity contribution is -0.384. The zero-order valence-electron chi connectivity index (χ0n) is 17.4. The third kappa shape index (κ3) is 5.77. The quantitative estimate of drug-likeness (QED) is 0.308. The molecule has 162 valence electrons. The van der Waals surface area contributed by atoms with Crippen LogP contribution in [-0.4, -0.2) is 10.0 Å². The lowest BCUT2D eigenvalue weighted by atomic mass is 9.72. The third-order valence-electron chi connectivity index (χ3n) is 4.49. The van der Waals surface area contributed by atoms with Crippen LogP contribution in [0.15, 0.2) is 46.6 Å². The van der Waals surface area contributed by atoms with Crippen molar-refractivity contribution in [2.45, 2.75) is 52.6 Å². The molecule has 2 aromatic carbocycles. The molecule has 0 aliphatic rings. The normalized spacial score (nSPS) is 13.1. The zero-order chi connectivity index (χ0) is 22.9. The summed E-state index contributed by atoms with van der Waals surface area (Å²) in [5.41, 5.74) is -1.57. The van der Waals surface area contributed by atoms with E-state index in [0.29, 0.717) is 12.1 Å². The van der Waals surface area contributed by atoms with Gasteiger partial charge in [-0.3, -0.25) is 10.1 Å². The van der Waals surface area contributed by atoms with Crippen LogP contribution in [0, 0.1) is 15.5 Å². The van der Waals surface area contributed by atoms with Gasteiger partial charge in [-0.15, -0.1) is 10.2 Å². The van der Waals surface area contributed by atoms with Gasteiger partial charge in [-0.1, -0.05) is 40.7 Å². The molecule has 0 saturated carbocycles. The van der Waals surface area contributed by atoms with Gasteiger partial charge in [0, 0.05) is 6.07 Å². The van der Waals surface area contributed by atoms with Gasteiger partial charge in [0.15, 0.2) is 5.69 Å².